The maximum Gasteiger partial charge on any atom is 0.336 e. The first-order valence-corrected chi connectivity index (χ1v) is 9.03. The van der Waals surface area contributed by atoms with Crippen LogP contribution in [0, 0.1) is 0 Å². The number of rotatable bonds is 9. The van der Waals surface area contributed by atoms with E-state index in [1.807, 2.05) is 24.5 Å². The molecular weight excluding hydrogens is 400 g/mol. The number of carboxylic acid groups (broad SMARTS) is 3. The van der Waals surface area contributed by atoms with Crippen molar-refractivity contribution < 1.29 is 39.6 Å². The molecule has 0 atom stereocenters. The lowest BCUT2D eigenvalue weighted by atomic mass is 9.96. The smallest absolute Gasteiger partial charge is 0.336 e. The maximum absolute atomic E-state index is 10.8. The van der Waals surface area contributed by atoms with Crippen molar-refractivity contribution in [1.82, 2.24) is 14.8 Å². The van der Waals surface area contributed by atoms with Crippen LogP contribution in [0.25, 0.3) is 0 Å². The number of nitrogens with two attached hydrogens (primary N) is 1. The quantitative estimate of drug-likeness (QED) is 0.306. The molecule has 0 aliphatic carbocycles. The Balaban J connectivity index is 0.000000314. The van der Waals surface area contributed by atoms with Crippen molar-refractivity contribution in [2.75, 3.05) is 32.7 Å². The minimum absolute atomic E-state index is 0.243. The lowest BCUT2D eigenvalue weighted by molar-refractivity contribution is -0.170. The molecule has 6 N–H and O–H groups in total. The van der Waals surface area contributed by atoms with Gasteiger partial charge in [-0.15, -0.1) is 0 Å². The van der Waals surface area contributed by atoms with E-state index in [0.29, 0.717) is 6.54 Å². The molecule has 12 heteroatoms. The summed E-state index contributed by atoms with van der Waals surface area (Å²) in [7, 11) is 0. The molecule has 0 unspecified atom stereocenters. The highest BCUT2D eigenvalue weighted by Crippen LogP contribution is 2.15. The molecule has 0 radical (unpaired) electrons. The summed E-state index contributed by atoms with van der Waals surface area (Å²) in [5.74, 6) is -5.26. The second kappa shape index (κ2) is 11.8. The first-order chi connectivity index (χ1) is 14.0. The Morgan fingerprint density at radius 3 is 1.80 bits per heavy atom. The Kier molecular flexibility index (Phi) is 9.81. The highest BCUT2D eigenvalue weighted by Gasteiger charge is 2.40. The van der Waals surface area contributed by atoms with Gasteiger partial charge in [-0.05, 0) is 17.7 Å². The molecule has 2 heterocycles. The van der Waals surface area contributed by atoms with E-state index in [-0.39, 0.29) is 5.91 Å². The third kappa shape index (κ3) is 9.41. The molecule has 30 heavy (non-hydrogen) atoms. The lowest BCUT2D eigenvalue weighted by Gasteiger charge is -2.33. The van der Waals surface area contributed by atoms with Gasteiger partial charge in [0.2, 0.25) is 5.91 Å². The molecule has 2 rings (SSSR count). The molecule has 1 fully saturated rings. The van der Waals surface area contributed by atoms with Gasteiger partial charge >= 0.3 is 17.9 Å². The number of carbonyl (C=O) groups excluding carboxylic acids is 1. The minimum atomic E-state index is -2.74. The maximum atomic E-state index is 10.8. The van der Waals surface area contributed by atoms with E-state index >= 15 is 0 Å². The Morgan fingerprint density at radius 1 is 0.933 bits per heavy atom. The van der Waals surface area contributed by atoms with Gasteiger partial charge in [0, 0.05) is 45.1 Å². The molecule has 1 aromatic rings. The van der Waals surface area contributed by atoms with Crippen molar-refractivity contribution in [2.24, 2.45) is 5.73 Å². The van der Waals surface area contributed by atoms with E-state index in [9.17, 15) is 19.2 Å². The van der Waals surface area contributed by atoms with Crippen LogP contribution < -0.4 is 5.73 Å². The van der Waals surface area contributed by atoms with Gasteiger partial charge in [-0.1, -0.05) is 0 Å². The molecule has 1 amide bonds. The van der Waals surface area contributed by atoms with E-state index in [0.717, 1.165) is 32.7 Å². The van der Waals surface area contributed by atoms with Gasteiger partial charge in [0.1, 0.15) is 0 Å². The van der Waals surface area contributed by atoms with Crippen molar-refractivity contribution >= 4 is 23.8 Å². The fourth-order valence-corrected chi connectivity index (χ4v) is 2.79. The number of amides is 1. The monoisotopic (exact) mass is 426 g/mol. The summed E-state index contributed by atoms with van der Waals surface area (Å²) in [6.07, 6.45) is 1.35. The molecule has 1 aliphatic heterocycles. The second-order valence-corrected chi connectivity index (χ2v) is 6.85. The molecule has 0 saturated carbocycles. The molecule has 12 nitrogen and oxygen atoms in total. The summed E-state index contributed by atoms with van der Waals surface area (Å²) in [6.45, 7) is 5.11. The average Bonchev–Trinajstić information content (AvgIpc) is 2.63. The van der Waals surface area contributed by atoms with Crippen molar-refractivity contribution in [3.8, 4) is 0 Å². The number of hydrogen-bond acceptors (Lipinski definition) is 8. The topological polar surface area (TPSA) is 195 Å². The summed E-state index contributed by atoms with van der Waals surface area (Å²) in [6, 6.07) is 4.07. The van der Waals surface area contributed by atoms with E-state index < -0.39 is 36.4 Å². The minimum Gasteiger partial charge on any atom is -0.481 e. The standard InChI is InChI=1S/C12H18N4O.C6H8O7/c13-12(17)10-16-7-5-15(6-8-16)9-11-1-3-14-4-2-11;7-3(8)1-6(13,5(11)12)2-4(9)10/h1-4H,5-10H2,(H2,13,17);13H,1-2H2,(H,7,8)(H,9,10)(H,11,12). The summed E-state index contributed by atoms with van der Waals surface area (Å²) < 4.78 is 0. The third-order valence-corrected chi connectivity index (χ3v) is 4.29. The normalized spacial score (nSPS) is 15.0. The average molecular weight is 426 g/mol. The summed E-state index contributed by atoms with van der Waals surface area (Å²) in [5.41, 5.74) is 3.72. The number of primary amides is 1. The number of aliphatic carboxylic acids is 3. The number of carbonyl (C=O) groups is 4. The fourth-order valence-electron chi connectivity index (χ4n) is 2.79. The Hall–Kier alpha value is -3.09. The van der Waals surface area contributed by atoms with Crippen LogP contribution in [0.5, 0.6) is 0 Å². The molecule has 166 valence electrons. The van der Waals surface area contributed by atoms with Gasteiger partial charge in [-0.2, -0.15) is 0 Å². The number of hydrogen-bond donors (Lipinski definition) is 5. The molecule has 0 spiro atoms. The van der Waals surface area contributed by atoms with Crippen LogP contribution in [0.1, 0.15) is 18.4 Å². The number of pyridine rings is 1. The van der Waals surface area contributed by atoms with Crippen LogP contribution >= 0.6 is 0 Å². The highest BCUT2D eigenvalue weighted by molar-refractivity contribution is 5.88. The van der Waals surface area contributed by atoms with E-state index in [1.165, 1.54) is 5.56 Å². The highest BCUT2D eigenvalue weighted by atomic mass is 16.4. The number of carboxylic acids is 3. The second-order valence-electron chi connectivity index (χ2n) is 6.85. The first-order valence-electron chi connectivity index (χ1n) is 9.03. The van der Waals surface area contributed by atoms with E-state index in [4.69, 9.17) is 26.2 Å². The van der Waals surface area contributed by atoms with Crippen molar-refractivity contribution in [3.05, 3.63) is 30.1 Å². The van der Waals surface area contributed by atoms with Gasteiger partial charge < -0.3 is 26.2 Å². The van der Waals surface area contributed by atoms with E-state index in [2.05, 4.69) is 14.8 Å². The van der Waals surface area contributed by atoms with Gasteiger partial charge in [-0.25, -0.2) is 4.79 Å². The third-order valence-electron chi connectivity index (χ3n) is 4.29. The molecule has 0 bridgehead atoms. The van der Waals surface area contributed by atoms with Crippen LogP contribution in [0.4, 0.5) is 0 Å². The van der Waals surface area contributed by atoms with Crippen molar-refractivity contribution in [1.29, 1.82) is 0 Å². The lowest BCUT2D eigenvalue weighted by Crippen LogP contribution is -2.48. The van der Waals surface area contributed by atoms with Crippen LogP contribution in [-0.4, -0.2) is 97.3 Å². The summed E-state index contributed by atoms with van der Waals surface area (Å²) in [5, 5.41) is 33.8. The number of nitrogens with zero attached hydrogens (tertiary/aromatic N) is 3. The molecule has 1 saturated heterocycles. The van der Waals surface area contributed by atoms with Crippen LogP contribution in [0.3, 0.4) is 0 Å². The molecule has 1 aromatic heterocycles. The number of aromatic nitrogens is 1. The molecular formula is C18H26N4O8. The van der Waals surface area contributed by atoms with Crippen molar-refractivity contribution in [3.63, 3.8) is 0 Å². The molecule has 0 aromatic carbocycles. The predicted molar refractivity (Wildman–Crippen MR) is 102 cm³/mol. The Bertz CT molecular complexity index is 719. The Morgan fingerprint density at radius 2 is 1.40 bits per heavy atom. The number of piperazine rings is 1. The van der Waals surface area contributed by atoms with Gasteiger partial charge in [0.15, 0.2) is 5.60 Å². The van der Waals surface area contributed by atoms with Gasteiger partial charge in [-0.3, -0.25) is 29.2 Å². The van der Waals surface area contributed by atoms with E-state index in [1.54, 1.807) is 0 Å². The zero-order valence-corrected chi connectivity index (χ0v) is 16.3. The van der Waals surface area contributed by atoms with Crippen LogP contribution in [0.15, 0.2) is 24.5 Å². The van der Waals surface area contributed by atoms with Crippen molar-refractivity contribution in [2.45, 2.75) is 25.0 Å². The van der Waals surface area contributed by atoms with Gasteiger partial charge in [0.05, 0.1) is 19.4 Å². The SMILES string of the molecule is NC(=O)CN1CCN(Cc2ccncc2)CC1.O=C(O)CC(O)(CC(=O)O)C(=O)O. The zero-order chi connectivity index (χ0) is 22.7. The number of aliphatic hydroxyl groups is 1. The summed E-state index contributed by atoms with van der Waals surface area (Å²) in [4.78, 5) is 49.8. The first kappa shape index (κ1) is 24.9. The largest absolute Gasteiger partial charge is 0.481 e. The van der Waals surface area contributed by atoms with Gasteiger partial charge in [0.25, 0.3) is 0 Å². The van der Waals surface area contributed by atoms with Crippen LogP contribution in [0.2, 0.25) is 0 Å². The molecule has 1 aliphatic rings. The zero-order valence-electron chi connectivity index (χ0n) is 16.3. The summed E-state index contributed by atoms with van der Waals surface area (Å²) >= 11 is 0. The fraction of sp³-hybridized carbons (Fsp3) is 0.500. The van der Waals surface area contributed by atoms with Crippen LogP contribution in [-0.2, 0) is 25.7 Å². The predicted octanol–water partition coefficient (Wildman–Crippen LogP) is -1.56. The Labute approximate surface area is 172 Å².